The molecule has 0 spiro atoms. The summed E-state index contributed by atoms with van der Waals surface area (Å²) in [5.41, 5.74) is 0.734. The second-order valence-electron chi connectivity index (χ2n) is 13.8. The second kappa shape index (κ2) is 15.4. The van der Waals surface area contributed by atoms with E-state index in [2.05, 4.69) is 20.9 Å². The fourth-order valence-electron chi connectivity index (χ4n) is 7.54. The molecule has 282 valence electrons. The SMILES string of the molecule is CNC1(C(=O)N(C=O)c2cncc3ccc(C(=O)NCCCCOc4cccc5c4C(=O)N(C4CCC(=O)NC4=O)C5=O)cc23)CC(c2ccccc2Cl)C1. The van der Waals surface area contributed by atoms with Gasteiger partial charge >= 0.3 is 0 Å². The summed E-state index contributed by atoms with van der Waals surface area (Å²) >= 11 is 6.42. The van der Waals surface area contributed by atoms with Gasteiger partial charge in [0.05, 0.1) is 35.2 Å². The van der Waals surface area contributed by atoms with E-state index < -0.39 is 41.1 Å². The Morgan fingerprint density at radius 2 is 1.84 bits per heavy atom. The maximum Gasteiger partial charge on any atom is 0.266 e. The van der Waals surface area contributed by atoms with Crippen LogP contribution in [-0.2, 0) is 19.2 Å². The molecule has 7 amide bonds. The van der Waals surface area contributed by atoms with E-state index in [1.165, 1.54) is 12.3 Å². The number of aromatic nitrogens is 1. The molecule has 1 aromatic heterocycles. The summed E-state index contributed by atoms with van der Waals surface area (Å²) in [5.74, 6) is -2.95. The molecule has 0 bridgehead atoms. The molecular formula is C40H37ClN6O8. The van der Waals surface area contributed by atoms with Gasteiger partial charge in [0.25, 0.3) is 23.6 Å². The van der Waals surface area contributed by atoms with Crippen LogP contribution in [0.25, 0.3) is 10.8 Å². The third kappa shape index (κ3) is 6.94. The molecule has 0 radical (unpaired) electrons. The molecule has 3 heterocycles. The molecule has 2 aliphatic heterocycles. The number of amides is 7. The van der Waals surface area contributed by atoms with Crippen LogP contribution >= 0.6 is 11.6 Å². The fraction of sp³-hybridized carbons (Fsp3) is 0.300. The number of unbranched alkanes of at least 4 members (excludes halogenated alkanes) is 1. The molecule has 7 rings (SSSR count). The van der Waals surface area contributed by atoms with Crippen LogP contribution in [0.15, 0.2) is 73.1 Å². The zero-order valence-electron chi connectivity index (χ0n) is 29.8. The van der Waals surface area contributed by atoms with Crippen molar-refractivity contribution in [1.29, 1.82) is 0 Å². The van der Waals surface area contributed by atoms with E-state index >= 15 is 0 Å². The quantitative estimate of drug-likeness (QED) is 0.103. The van der Waals surface area contributed by atoms with Gasteiger partial charge in [-0.25, -0.2) is 4.90 Å². The second-order valence-corrected chi connectivity index (χ2v) is 14.2. The number of halogens is 1. The maximum absolute atomic E-state index is 14.0. The van der Waals surface area contributed by atoms with E-state index in [1.807, 2.05) is 24.3 Å². The average molecular weight is 765 g/mol. The lowest BCUT2D eigenvalue weighted by molar-refractivity contribution is -0.136. The fourth-order valence-corrected chi connectivity index (χ4v) is 7.83. The number of imide groups is 3. The molecule has 3 N–H and O–H groups in total. The van der Waals surface area contributed by atoms with E-state index in [-0.39, 0.29) is 53.8 Å². The van der Waals surface area contributed by atoms with Crippen molar-refractivity contribution >= 4 is 69.9 Å². The summed E-state index contributed by atoms with van der Waals surface area (Å²) in [6.07, 6.45) is 5.48. The minimum atomic E-state index is -1.08. The van der Waals surface area contributed by atoms with Crippen LogP contribution in [0.5, 0.6) is 5.75 Å². The summed E-state index contributed by atoms with van der Waals surface area (Å²) in [6.45, 7) is 0.481. The van der Waals surface area contributed by atoms with Crippen LogP contribution in [0.2, 0.25) is 5.02 Å². The van der Waals surface area contributed by atoms with Gasteiger partial charge in [0.1, 0.15) is 11.8 Å². The zero-order chi connectivity index (χ0) is 38.9. The van der Waals surface area contributed by atoms with E-state index in [9.17, 15) is 33.6 Å². The van der Waals surface area contributed by atoms with E-state index in [1.54, 1.807) is 43.6 Å². The summed E-state index contributed by atoms with van der Waals surface area (Å²) in [5, 5.41) is 9.96. The highest BCUT2D eigenvalue weighted by molar-refractivity contribution is 6.31. The van der Waals surface area contributed by atoms with Crippen LogP contribution in [0.1, 0.15) is 81.1 Å². The number of benzene rings is 3. The Morgan fingerprint density at radius 1 is 1.04 bits per heavy atom. The predicted octanol–water partition coefficient (Wildman–Crippen LogP) is 3.90. The van der Waals surface area contributed by atoms with Gasteiger partial charge in [-0.1, -0.05) is 41.9 Å². The lowest BCUT2D eigenvalue weighted by atomic mass is 9.65. The van der Waals surface area contributed by atoms with Crippen molar-refractivity contribution in [3.8, 4) is 5.75 Å². The normalized spacial score (nSPS) is 20.4. The number of carbonyl (C=O) groups is 7. The van der Waals surface area contributed by atoms with Crippen LogP contribution in [0.4, 0.5) is 5.69 Å². The number of nitrogens with zero attached hydrogens (tertiary/aromatic N) is 3. The van der Waals surface area contributed by atoms with Crippen molar-refractivity contribution in [2.24, 2.45) is 0 Å². The third-order valence-electron chi connectivity index (χ3n) is 10.6. The summed E-state index contributed by atoms with van der Waals surface area (Å²) < 4.78 is 5.89. The standard InChI is InChI=1S/C40H37ClN6O8/c1-42-40(18-25(19-40)26-7-2-3-9-29(26)41)39(54)46(22-48)31-21-43-20-24-12-11-23(17-28(24)31)35(50)44-15-4-5-16-55-32-10-6-8-27-34(32)38(53)47(37(27)52)30-13-14-33(49)45-36(30)51/h2-3,6-12,17,20-22,25,30,42H,4-5,13-16,18-19H2,1H3,(H,44,50)(H,45,49,51). The first-order valence-electron chi connectivity index (χ1n) is 17.9. The zero-order valence-corrected chi connectivity index (χ0v) is 30.6. The first-order chi connectivity index (χ1) is 26.6. The maximum atomic E-state index is 14.0. The van der Waals surface area contributed by atoms with E-state index in [0.29, 0.717) is 60.0 Å². The van der Waals surface area contributed by atoms with Crippen LogP contribution in [0, 0.1) is 0 Å². The average Bonchev–Trinajstić information content (AvgIpc) is 3.42. The molecule has 3 aromatic carbocycles. The summed E-state index contributed by atoms with van der Waals surface area (Å²) in [7, 11) is 1.69. The Bertz CT molecular complexity index is 2260. The molecule has 1 atom stereocenters. The third-order valence-corrected chi connectivity index (χ3v) is 10.9. The van der Waals surface area contributed by atoms with Gasteiger partial charge in [-0.2, -0.15) is 0 Å². The molecular weight excluding hydrogens is 728 g/mol. The van der Waals surface area contributed by atoms with Gasteiger partial charge in [-0.05, 0) is 81.0 Å². The predicted molar refractivity (Wildman–Crippen MR) is 201 cm³/mol. The van der Waals surface area contributed by atoms with Crippen molar-refractivity contribution < 1.29 is 38.3 Å². The van der Waals surface area contributed by atoms with Gasteiger partial charge in [-0.3, -0.25) is 48.8 Å². The van der Waals surface area contributed by atoms with Gasteiger partial charge in [0.2, 0.25) is 18.2 Å². The van der Waals surface area contributed by atoms with Crippen molar-refractivity contribution in [2.75, 3.05) is 25.1 Å². The number of hydrogen-bond donors (Lipinski definition) is 3. The van der Waals surface area contributed by atoms with Crippen LogP contribution in [0.3, 0.4) is 0 Å². The Kier molecular flexibility index (Phi) is 10.5. The topological polar surface area (TPSA) is 184 Å². The number of ether oxygens (including phenoxy) is 1. The smallest absolute Gasteiger partial charge is 0.266 e. The number of rotatable bonds is 13. The molecule has 1 saturated heterocycles. The molecule has 1 saturated carbocycles. The molecule has 1 aliphatic carbocycles. The van der Waals surface area contributed by atoms with Gasteiger partial charge in [0.15, 0.2) is 0 Å². The van der Waals surface area contributed by atoms with Crippen molar-refractivity contribution in [2.45, 2.75) is 56.0 Å². The number of anilines is 1. The summed E-state index contributed by atoms with van der Waals surface area (Å²) in [4.78, 5) is 96.3. The van der Waals surface area contributed by atoms with Crippen molar-refractivity contribution in [3.63, 3.8) is 0 Å². The molecule has 14 nitrogen and oxygen atoms in total. The van der Waals surface area contributed by atoms with Crippen molar-refractivity contribution in [1.82, 2.24) is 25.8 Å². The lowest BCUT2D eigenvalue weighted by Gasteiger charge is -2.47. The number of likely N-dealkylation sites (N-methyl/N-ethyl adjacent to an activating group) is 1. The van der Waals surface area contributed by atoms with Gasteiger partial charge < -0.3 is 15.4 Å². The minimum Gasteiger partial charge on any atom is -0.493 e. The molecule has 55 heavy (non-hydrogen) atoms. The highest BCUT2D eigenvalue weighted by Gasteiger charge is 2.52. The first-order valence-corrected chi connectivity index (χ1v) is 18.3. The molecule has 15 heteroatoms. The Balaban J connectivity index is 0.955. The first kappa shape index (κ1) is 37.3. The molecule has 2 fully saturated rings. The number of nitrogens with one attached hydrogen (secondary N) is 3. The molecule has 3 aliphatic rings. The van der Waals surface area contributed by atoms with Gasteiger partial charge in [-0.15, -0.1) is 0 Å². The monoisotopic (exact) mass is 764 g/mol. The largest absolute Gasteiger partial charge is 0.493 e. The van der Waals surface area contributed by atoms with E-state index in [4.69, 9.17) is 16.3 Å². The van der Waals surface area contributed by atoms with Crippen LogP contribution < -0.4 is 25.6 Å². The molecule has 1 unspecified atom stereocenters. The van der Waals surface area contributed by atoms with Gasteiger partial charge in [0, 0.05) is 40.5 Å². The minimum absolute atomic E-state index is 0.0211. The number of hydrogen-bond acceptors (Lipinski definition) is 10. The Hall–Kier alpha value is -5.99. The number of piperidine rings is 1. The number of fused-ring (bicyclic) bond motifs is 2. The highest BCUT2D eigenvalue weighted by atomic mass is 35.5. The van der Waals surface area contributed by atoms with Crippen LogP contribution in [-0.4, -0.2) is 83.5 Å². The summed E-state index contributed by atoms with van der Waals surface area (Å²) in [6, 6.07) is 16.1. The lowest BCUT2D eigenvalue weighted by Crippen LogP contribution is -2.63. The van der Waals surface area contributed by atoms with Crippen molar-refractivity contribution in [3.05, 3.63) is 100 Å². The Morgan fingerprint density at radius 3 is 2.58 bits per heavy atom. The Labute approximate surface area is 320 Å². The molecule has 4 aromatic rings. The number of carbonyl (C=O) groups excluding carboxylic acids is 7. The number of pyridine rings is 1. The van der Waals surface area contributed by atoms with E-state index in [0.717, 1.165) is 15.4 Å². The highest BCUT2D eigenvalue weighted by Crippen LogP contribution is 2.48.